The molecule has 0 radical (unpaired) electrons. The molecule has 2 atom stereocenters. The second kappa shape index (κ2) is 8.86. The van der Waals surface area contributed by atoms with E-state index in [4.69, 9.17) is 0 Å². The average molecular weight is 427 g/mol. The maximum atomic E-state index is 14.2. The molecule has 29 heavy (non-hydrogen) atoms. The number of amides is 1. The van der Waals surface area contributed by atoms with Crippen molar-refractivity contribution in [2.45, 2.75) is 35.8 Å². The predicted octanol–water partition coefficient (Wildman–Crippen LogP) is 5.23. The summed E-state index contributed by atoms with van der Waals surface area (Å²) in [4.78, 5) is 23.7. The van der Waals surface area contributed by atoms with Crippen LogP contribution in [-0.4, -0.2) is 22.2 Å². The Hall–Kier alpha value is -2.55. The summed E-state index contributed by atoms with van der Waals surface area (Å²) in [5, 5.41) is 11.3. The molecule has 2 N–H and O–H groups in total. The number of carbonyl (C=O) groups excluding carboxylic acids is 1. The highest BCUT2D eigenvalue weighted by Gasteiger charge is 2.28. The van der Waals surface area contributed by atoms with E-state index in [2.05, 4.69) is 5.32 Å². The van der Waals surface area contributed by atoms with Crippen molar-refractivity contribution in [1.29, 1.82) is 0 Å². The summed E-state index contributed by atoms with van der Waals surface area (Å²) in [6.07, 6.45) is 2.45. The normalized spacial score (nSPS) is 19.0. The minimum atomic E-state index is -1.64. The molecule has 2 aromatic rings. The van der Waals surface area contributed by atoms with Gasteiger partial charge in [-0.1, -0.05) is 6.42 Å². The van der Waals surface area contributed by atoms with Crippen LogP contribution in [0, 0.1) is 29.2 Å². The van der Waals surface area contributed by atoms with Crippen molar-refractivity contribution < 1.29 is 32.3 Å². The molecular weight excluding hydrogens is 410 g/mol. The smallest absolute Gasteiger partial charge is 0.306 e. The second-order valence-electron chi connectivity index (χ2n) is 6.79. The van der Waals surface area contributed by atoms with Crippen molar-refractivity contribution in [2.75, 3.05) is 5.32 Å². The SMILES string of the molecule is O=C(Nc1cc(F)c(F)c(F)c1)c1ccc(F)c(SC2CCC[C@@H](C(=O)O)C2)c1. The van der Waals surface area contributed by atoms with Gasteiger partial charge in [0.05, 0.1) is 5.92 Å². The molecular formula is C20H17F4NO3S. The number of hydrogen-bond donors (Lipinski definition) is 2. The summed E-state index contributed by atoms with van der Waals surface area (Å²) in [6, 6.07) is 4.90. The number of aliphatic carboxylic acids is 1. The van der Waals surface area contributed by atoms with Crippen molar-refractivity contribution >= 4 is 29.3 Å². The summed E-state index contributed by atoms with van der Waals surface area (Å²) < 4.78 is 53.8. The Bertz CT molecular complexity index is 930. The predicted molar refractivity (Wildman–Crippen MR) is 99.9 cm³/mol. The maximum absolute atomic E-state index is 14.2. The zero-order chi connectivity index (χ0) is 21.1. The van der Waals surface area contributed by atoms with Crippen LogP contribution in [0.1, 0.15) is 36.0 Å². The fraction of sp³-hybridized carbons (Fsp3) is 0.300. The zero-order valence-electron chi connectivity index (χ0n) is 15.1. The van der Waals surface area contributed by atoms with E-state index in [1.54, 1.807) is 0 Å². The lowest BCUT2D eigenvalue weighted by molar-refractivity contribution is -0.142. The van der Waals surface area contributed by atoms with Crippen LogP contribution in [-0.2, 0) is 4.79 Å². The number of thioether (sulfide) groups is 1. The lowest BCUT2D eigenvalue weighted by Gasteiger charge is -2.26. The van der Waals surface area contributed by atoms with Gasteiger partial charge in [-0.05, 0) is 37.5 Å². The molecule has 0 aromatic heterocycles. The van der Waals surface area contributed by atoms with Crippen LogP contribution in [0.5, 0.6) is 0 Å². The number of halogens is 4. The number of rotatable bonds is 5. The Kier molecular flexibility index (Phi) is 6.46. The first kappa shape index (κ1) is 21.2. The van der Waals surface area contributed by atoms with Gasteiger partial charge in [-0.15, -0.1) is 11.8 Å². The Morgan fingerprint density at radius 1 is 1.00 bits per heavy atom. The highest BCUT2D eigenvalue weighted by molar-refractivity contribution is 8.00. The van der Waals surface area contributed by atoms with Gasteiger partial charge >= 0.3 is 5.97 Å². The van der Waals surface area contributed by atoms with Crippen LogP contribution >= 0.6 is 11.8 Å². The average Bonchev–Trinajstić information content (AvgIpc) is 2.68. The summed E-state index contributed by atoms with van der Waals surface area (Å²) in [7, 11) is 0. The standard InChI is InChI=1S/C20H17F4NO3S/c21-14-5-4-10(19(26)25-12-8-15(22)18(24)16(23)9-12)7-17(14)29-13-3-1-2-11(6-13)20(27)28/h4-5,7-9,11,13H,1-3,6H2,(H,25,26)(H,27,28)/t11-,13?/m1/s1. The number of carboxylic acids is 1. The summed E-state index contributed by atoms with van der Waals surface area (Å²) in [6.45, 7) is 0. The van der Waals surface area contributed by atoms with E-state index in [0.717, 1.165) is 18.9 Å². The van der Waals surface area contributed by atoms with Gasteiger partial charge in [-0.3, -0.25) is 9.59 Å². The van der Waals surface area contributed by atoms with Gasteiger partial charge in [-0.2, -0.15) is 0 Å². The molecule has 4 nitrogen and oxygen atoms in total. The Labute approximate surface area is 168 Å². The quantitative estimate of drug-likeness (QED) is 0.507. The van der Waals surface area contributed by atoms with Crippen LogP contribution in [0.3, 0.4) is 0 Å². The molecule has 0 aliphatic heterocycles. The van der Waals surface area contributed by atoms with Crippen molar-refractivity contribution in [3.63, 3.8) is 0 Å². The lowest BCUT2D eigenvalue weighted by atomic mass is 9.89. The molecule has 3 rings (SSSR count). The van der Waals surface area contributed by atoms with Crippen LogP contribution in [0.25, 0.3) is 0 Å². The molecule has 1 fully saturated rings. The molecule has 2 aromatic carbocycles. The summed E-state index contributed by atoms with van der Waals surface area (Å²) >= 11 is 1.17. The molecule has 9 heteroatoms. The number of anilines is 1. The highest BCUT2D eigenvalue weighted by atomic mass is 32.2. The molecule has 1 unspecified atom stereocenters. The minimum Gasteiger partial charge on any atom is -0.481 e. The van der Waals surface area contributed by atoms with Crippen LogP contribution in [0.2, 0.25) is 0 Å². The molecule has 1 aliphatic rings. The second-order valence-corrected chi connectivity index (χ2v) is 8.14. The van der Waals surface area contributed by atoms with Gasteiger partial charge in [-0.25, -0.2) is 17.6 Å². The number of hydrogen-bond acceptors (Lipinski definition) is 3. The molecule has 154 valence electrons. The third-order valence-corrected chi connectivity index (χ3v) is 6.03. The van der Waals surface area contributed by atoms with Crippen molar-refractivity contribution in [2.24, 2.45) is 5.92 Å². The molecule has 0 saturated heterocycles. The Balaban J connectivity index is 1.74. The largest absolute Gasteiger partial charge is 0.481 e. The third kappa shape index (κ3) is 5.09. The van der Waals surface area contributed by atoms with Crippen molar-refractivity contribution in [3.05, 3.63) is 59.2 Å². The van der Waals surface area contributed by atoms with Crippen LogP contribution < -0.4 is 5.32 Å². The number of carboxylic acid groups (broad SMARTS) is 1. The van der Waals surface area contributed by atoms with Crippen molar-refractivity contribution in [3.8, 4) is 0 Å². The molecule has 1 amide bonds. The van der Waals surface area contributed by atoms with E-state index in [0.29, 0.717) is 25.0 Å². The first-order valence-corrected chi connectivity index (χ1v) is 9.77. The van der Waals surface area contributed by atoms with Crippen molar-refractivity contribution in [1.82, 2.24) is 0 Å². The number of nitrogens with one attached hydrogen (secondary N) is 1. The fourth-order valence-corrected chi connectivity index (χ4v) is 4.57. The summed E-state index contributed by atoms with van der Waals surface area (Å²) in [5.41, 5.74) is -0.230. The van der Waals surface area contributed by atoms with Gasteiger partial charge in [0.15, 0.2) is 17.5 Å². The van der Waals surface area contributed by atoms with Gasteiger partial charge < -0.3 is 10.4 Å². The van der Waals surface area contributed by atoms with E-state index >= 15 is 0 Å². The lowest BCUT2D eigenvalue weighted by Crippen LogP contribution is -2.24. The maximum Gasteiger partial charge on any atom is 0.306 e. The van der Waals surface area contributed by atoms with E-state index < -0.39 is 41.1 Å². The topological polar surface area (TPSA) is 66.4 Å². The Morgan fingerprint density at radius 2 is 1.69 bits per heavy atom. The highest BCUT2D eigenvalue weighted by Crippen LogP contribution is 2.37. The number of benzene rings is 2. The van der Waals surface area contributed by atoms with E-state index in [1.165, 1.54) is 23.9 Å². The molecule has 0 spiro atoms. The van der Waals surface area contributed by atoms with Gasteiger partial charge in [0.1, 0.15) is 5.82 Å². The first-order valence-electron chi connectivity index (χ1n) is 8.89. The van der Waals surface area contributed by atoms with Gasteiger partial charge in [0, 0.05) is 33.5 Å². The first-order chi connectivity index (χ1) is 13.7. The number of carbonyl (C=O) groups is 2. The van der Waals surface area contributed by atoms with E-state index in [9.17, 15) is 32.3 Å². The van der Waals surface area contributed by atoms with E-state index in [-0.39, 0.29) is 21.4 Å². The third-order valence-electron chi connectivity index (χ3n) is 4.70. The van der Waals surface area contributed by atoms with Gasteiger partial charge in [0.25, 0.3) is 5.91 Å². The molecule has 1 aliphatic carbocycles. The van der Waals surface area contributed by atoms with Crippen LogP contribution in [0.15, 0.2) is 35.2 Å². The van der Waals surface area contributed by atoms with Crippen LogP contribution in [0.4, 0.5) is 23.2 Å². The van der Waals surface area contributed by atoms with Gasteiger partial charge in [0.2, 0.25) is 0 Å². The molecule has 1 saturated carbocycles. The zero-order valence-corrected chi connectivity index (χ0v) is 15.9. The van der Waals surface area contributed by atoms with E-state index in [1.807, 2.05) is 0 Å². The Morgan fingerprint density at radius 3 is 2.34 bits per heavy atom. The monoisotopic (exact) mass is 427 g/mol. The fourth-order valence-electron chi connectivity index (χ4n) is 3.22. The molecule has 0 bridgehead atoms. The minimum absolute atomic E-state index is 0.0460. The molecule has 0 heterocycles. The summed E-state index contributed by atoms with van der Waals surface area (Å²) in [5.74, 6) is -7.17.